The lowest BCUT2D eigenvalue weighted by atomic mass is 9.97. The number of carboxylic acid groups (broad SMARTS) is 1. The van der Waals surface area contributed by atoms with Crippen LogP contribution in [0.2, 0.25) is 0 Å². The van der Waals surface area contributed by atoms with Crippen molar-refractivity contribution in [3.05, 3.63) is 0 Å². The van der Waals surface area contributed by atoms with Crippen LogP contribution in [0, 0.1) is 0 Å². The van der Waals surface area contributed by atoms with Gasteiger partial charge in [0.1, 0.15) is 6.04 Å². The monoisotopic (exact) mass is 286 g/mol. The highest BCUT2D eigenvalue weighted by Gasteiger charge is 2.35. The molecule has 2 saturated heterocycles. The molecule has 2 atom stereocenters. The fourth-order valence-corrected chi connectivity index (χ4v) is 3.37. The Morgan fingerprint density at radius 1 is 1.42 bits per heavy atom. The van der Waals surface area contributed by atoms with Gasteiger partial charge in [-0.25, -0.2) is 0 Å². The molecule has 0 saturated carbocycles. The average molecular weight is 286 g/mol. The standard InChI is InChI=1S/C12H18N2O4S/c15-10(16)5-4-8-3-1-2-6-14(8)11(17)9-7-19-12(18)13-9/h8-9H,1-7H2,(H,13,18)(H,15,16)/t8?,9-/m0/s1. The second-order valence-electron chi connectivity index (χ2n) is 4.91. The van der Waals surface area contributed by atoms with Gasteiger partial charge in [0.05, 0.1) is 0 Å². The minimum Gasteiger partial charge on any atom is -0.481 e. The molecule has 2 amide bonds. The Hall–Kier alpha value is -1.24. The van der Waals surface area contributed by atoms with E-state index >= 15 is 0 Å². The first-order valence-electron chi connectivity index (χ1n) is 6.53. The van der Waals surface area contributed by atoms with E-state index in [0.717, 1.165) is 31.0 Å². The van der Waals surface area contributed by atoms with E-state index in [-0.39, 0.29) is 23.6 Å². The molecule has 2 heterocycles. The summed E-state index contributed by atoms with van der Waals surface area (Å²) in [6.45, 7) is 0.667. The number of carbonyl (C=O) groups is 3. The minimum absolute atomic E-state index is 0.000137. The van der Waals surface area contributed by atoms with E-state index in [0.29, 0.717) is 18.7 Å². The Bertz CT molecular complexity index is 388. The summed E-state index contributed by atoms with van der Waals surface area (Å²) >= 11 is 1.13. The summed E-state index contributed by atoms with van der Waals surface area (Å²) in [6, 6.07) is -0.442. The number of thioether (sulfide) groups is 1. The van der Waals surface area contributed by atoms with Gasteiger partial charge in [-0.2, -0.15) is 0 Å². The number of aliphatic carboxylic acids is 1. The van der Waals surface area contributed by atoms with Crippen molar-refractivity contribution in [2.24, 2.45) is 0 Å². The van der Waals surface area contributed by atoms with E-state index in [9.17, 15) is 14.4 Å². The minimum atomic E-state index is -0.831. The van der Waals surface area contributed by atoms with Gasteiger partial charge in [0, 0.05) is 24.8 Å². The van der Waals surface area contributed by atoms with Crippen LogP contribution in [0.15, 0.2) is 0 Å². The summed E-state index contributed by atoms with van der Waals surface area (Å²) in [4.78, 5) is 35.9. The van der Waals surface area contributed by atoms with Crippen LogP contribution in [0.5, 0.6) is 0 Å². The normalized spacial score (nSPS) is 27.2. The second-order valence-corrected chi connectivity index (χ2v) is 5.90. The Labute approximate surface area is 115 Å². The number of amides is 2. The van der Waals surface area contributed by atoms with E-state index in [1.54, 1.807) is 4.90 Å². The van der Waals surface area contributed by atoms with Crippen LogP contribution in [-0.2, 0) is 9.59 Å². The molecule has 0 aromatic heterocycles. The van der Waals surface area contributed by atoms with E-state index in [1.165, 1.54) is 0 Å². The number of likely N-dealkylation sites (tertiary alicyclic amines) is 1. The van der Waals surface area contributed by atoms with Gasteiger partial charge in [-0.1, -0.05) is 11.8 Å². The van der Waals surface area contributed by atoms with Crippen LogP contribution in [0.3, 0.4) is 0 Å². The molecule has 2 N–H and O–H groups in total. The zero-order chi connectivity index (χ0) is 13.8. The molecule has 0 aromatic rings. The molecular weight excluding hydrogens is 268 g/mol. The van der Waals surface area contributed by atoms with E-state index in [4.69, 9.17) is 5.11 Å². The maximum absolute atomic E-state index is 12.4. The molecule has 0 spiro atoms. The Morgan fingerprint density at radius 2 is 2.21 bits per heavy atom. The number of piperidine rings is 1. The van der Waals surface area contributed by atoms with Gasteiger partial charge < -0.3 is 15.3 Å². The third-order valence-electron chi connectivity index (χ3n) is 3.57. The maximum Gasteiger partial charge on any atom is 0.303 e. The van der Waals surface area contributed by atoms with Gasteiger partial charge in [0.15, 0.2) is 0 Å². The van der Waals surface area contributed by atoms with Crippen molar-refractivity contribution in [2.75, 3.05) is 12.3 Å². The summed E-state index contributed by atoms with van der Waals surface area (Å²) in [5.74, 6) is -0.420. The molecule has 1 unspecified atom stereocenters. The molecule has 0 bridgehead atoms. The first-order valence-corrected chi connectivity index (χ1v) is 7.52. The zero-order valence-corrected chi connectivity index (χ0v) is 11.4. The molecule has 7 heteroatoms. The highest BCUT2D eigenvalue weighted by Crippen LogP contribution is 2.24. The van der Waals surface area contributed by atoms with E-state index in [2.05, 4.69) is 5.32 Å². The molecule has 2 aliphatic rings. The highest BCUT2D eigenvalue weighted by molar-refractivity contribution is 8.14. The predicted molar refractivity (Wildman–Crippen MR) is 71.0 cm³/mol. The van der Waals surface area contributed by atoms with E-state index < -0.39 is 12.0 Å². The molecule has 0 aliphatic carbocycles. The number of carbonyl (C=O) groups excluding carboxylic acids is 2. The van der Waals surface area contributed by atoms with Gasteiger partial charge in [-0.15, -0.1) is 0 Å². The van der Waals surface area contributed by atoms with E-state index in [1.807, 2.05) is 0 Å². The van der Waals surface area contributed by atoms with Crippen molar-refractivity contribution in [1.29, 1.82) is 0 Å². The largest absolute Gasteiger partial charge is 0.481 e. The summed E-state index contributed by atoms with van der Waals surface area (Å²) in [5.41, 5.74) is 0. The van der Waals surface area contributed by atoms with Crippen LogP contribution in [0.4, 0.5) is 4.79 Å². The number of rotatable bonds is 4. The summed E-state index contributed by atoms with van der Waals surface area (Å²) < 4.78 is 0. The molecule has 2 rings (SSSR count). The molecule has 106 valence electrons. The molecule has 0 aromatic carbocycles. The summed E-state index contributed by atoms with van der Waals surface area (Å²) in [6.07, 6.45) is 3.41. The first kappa shape index (κ1) is 14.2. The Morgan fingerprint density at radius 3 is 2.84 bits per heavy atom. The van der Waals surface area contributed by atoms with Crippen molar-refractivity contribution in [2.45, 2.75) is 44.2 Å². The van der Waals surface area contributed by atoms with Crippen LogP contribution < -0.4 is 5.32 Å². The zero-order valence-electron chi connectivity index (χ0n) is 10.6. The molecule has 2 fully saturated rings. The van der Waals surface area contributed by atoms with Gasteiger partial charge in [0.2, 0.25) is 5.91 Å². The van der Waals surface area contributed by atoms with Crippen LogP contribution >= 0.6 is 11.8 Å². The lowest BCUT2D eigenvalue weighted by molar-refractivity contribution is -0.140. The van der Waals surface area contributed by atoms with Crippen LogP contribution in [0.1, 0.15) is 32.1 Å². The summed E-state index contributed by atoms with van der Waals surface area (Å²) in [7, 11) is 0. The van der Waals surface area contributed by atoms with Gasteiger partial charge >= 0.3 is 5.97 Å². The topological polar surface area (TPSA) is 86.7 Å². The maximum atomic E-state index is 12.4. The third kappa shape index (κ3) is 3.62. The second kappa shape index (κ2) is 6.27. The fraction of sp³-hybridized carbons (Fsp3) is 0.750. The Kier molecular flexibility index (Phi) is 4.68. The molecule has 19 heavy (non-hydrogen) atoms. The predicted octanol–water partition coefficient (Wildman–Crippen LogP) is 1.06. The SMILES string of the molecule is O=C(O)CCC1CCCCN1C(=O)[C@@H]1CSC(=O)N1. The number of hydrogen-bond donors (Lipinski definition) is 2. The quantitative estimate of drug-likeness (QED) is 0.807. The number of carboxylic acids is 1. The molecule has 2 aliphatic heterocycles. The first-order chi connectivity index (χ1) is 9.08. The number of nitrogens with zero attached hydrogens (tertiary/aromatic N) is 1. The third-order valence-corrected chi connectivity index (χ3v) is 4.45. The average Bonchev–Trinajstić information content (AvgIpc) is 2.82. The number of nitrogens with one attached hydrogen (secondary N) is 1. The number of hydrogen-bond acceptors (Lipinski definition) is 4. The Balaban J connectivity index is 1.96. The van der Waals surface area contributed by atoms with Crippen LogP contribution in [0.25, 0.3) is 0 Å². The van der Waals surface area contributed by atoms with Crippen molar-refractivity contribution in [1.82, 2.24) is 10.2 Å². The van der Waals surface area contributed by atoms with Gasteiger partial charge in [-0.05, 0) is 25.7 Å². The van der Waals surface area contributed by atoms with Crippen molar-refractivity contribution < 1.29 is 19.5 Å². The van der Waals surface area contributed by atoms with Gasteiger partial charge in [-0.3, -0.25) is 14.4 Å². The van der Waals surface area contributed by atoms with Crippen molar-refractivity contribution in [3.8, 4) is 0 Å². The molecule has 0 radical (unpaired) electrons. The van der Waals surface area contributed by atoms with Crippen molar-refractivity contribution in [3.63, 3.8) is 0 Å². The highest BCUT2D eigenvalue weighted by atomic mass is 32.2. The molecule has 6 nitrogen and oxygen atoms in total. The van der Waals surface area contributed by atoms with Gasteiger partial charge in [0.25, 0.3) is 5.24 Å². The smallest absolute Gasteiger partial charge is 0.303 e. The molecular formula is C12H18N2O4S. The van der Waals surface area contributed by atoms with Crippen molar-refractivity contribution >= 4 is 28.9 Å². The summed E-state index contributed by atoms with van der Waals surface area (Å²) in [5, 5.41) is 11.2. The van der Waals surface area contributed by atoms with Crippen LogP contribution in [-0.4, -0.2) is 51.5 Å². The lowest BCUT2D eigenvalue weighted by Gasteiger charge is -2.37. The fourth-order valence-electron chi connectivity index (χ4n) is 2.60. The lowest BCUT2D eigenvalue weighted by Crippen LogP contribution is -2.51.